The van der Waals surface area contributed by atoms with Crippen molar-refractivity contribution in [2.45, 2.75) is 13.5 Å². The van der Waals surface area contributed by atoms with Gasteiger partial charge in [-0.15, -0.1) is 6.58 Å². The van der Waals surface area contributed by atoms with E-state index in [0.29, 0.717) is 17.2 Å². The minimum Gasteiger partial charge on any atom is -0.492 e. The summed E-state index contributed by atoms with van der Waals surface area (Å²) in [5, 5.41) is 0.784. The average Bonchev–Trinajstić information content (AvgIpc) is 3.18. The predicted octanol–water partition coefficient (Wildman–Crippen LogP) is 5.25. The number of carbonyl (C=O) groups excluding carboxylic acids is 2. The molecule has 3 aromatic rings. The van der Waals surface area contributed by atoms with Gasteiger partial charge in [-0.2, -0.15) is 0 Å². The van der Waals surface area contributed by atoms with Gasteiger partial charge in [0, 0.05) is 28.7 Å². The van der Waals surface area contributed by atoms with Gasteiger partial charge in [-0.1, -0.05) is 42.5 Å². The monoisotopic (exact) mass is 418 g/mol. The molecule has 0 unspecified atom stereocenters. The minimum absolute atomic E-state index is 0.216. The highest BCUT2D eigenvalue weighted by atomic mass is 32.2. The van der Waals surface area contributed by atoms with Crippen molar-refractivity contribution in [1.82, 2.24) is 9.47 Å². The Morgan fingerprint density at radius 3 is 2.57 bits per heavy atom. The third kappa shape index (κ3) is 3.78. The summed E-state index contributed by atoms with van der Waals surface area (Å²) in [6.07, 6.45) is 3.68. The molecule has 5 nitrogen and oxygen atoms in total. The highest BCUT2D eigenvalue weighted by Gasteiger charge is 2.35. The maximum Gasteiger partial charge on any atom is 0.293 e. The van der Waals surface area contributed by atoms with E-state index in [9.17, 15) is 9.59 Å². The van der Waals surface area contributed by atoms with Crippen LogP contribution in [-0.4, -0.2) is 33.8 Å². The average molecular weight is 419 g/mol. The van der Waals surface area contributed by atoms with Crippen LogP contribution in [0.1, 0.15) is 11.3 Å². The molecule has 1 fully saturated rings. The lowest BCUT2D eigenvalue weighted by molar-refractivity contribution is -0.123. The van der Waals surface area contributed by atoms with E-state index < -0.39 is 0 Å². The second-order valence-electron chi connectivity index (χ2n) is 6.91. The number of benzene rings is 2. The Kier molecular flexibility index (Phi) is 5.77. The van der Waals surface area contributed by atoms with E-state index in [2.05, 4.69) is 17.2 Å². The molecule has 1 saturated heterocycles. The molecule has 1 aliphatic rings. The lowest BCUT2D eigenvalue weighted by Gasteiger charge is -2.13. The number of amides is 2. The van der Waals surface area contributed by atoms with Gasteiger partial charge in [-0.3, -0.25) is 14.5 Å². The van der Waals surface area contributed by atoms with Gasteiger partial charge in [0.1, 0.15) is 12.4 Å². The third-order valence-electron chi connectivity index (χ3n) is 5.07. The van der Waals surface area contributed by atoms with E-state index >= 15 is 0 Å². The number of hydrogen-bond acceptors (Lipinski definition) is 4. The number of fused-ring (bicyclic) bond motifs is 1. The lowest BCUT2D eigenvalue weighted by Crippen LogP contribution is -2.32. The third-order valence-corrected chi connectivity index (χ3v) is 5.97. The van der Waals surface area contributed by atoms with Crippen LogP contribution >= 0.6 is 11.8 Å². The van der Waals surface area contributed by atoms with Crippen molar-refractivity contribution in [2.75, 3.05) is 13.2 Å². The molecule has 6 heteroatoms. The van der Waals surface area contributed by atoms with E-state index in [1.165, 1.54) is 4.90 Å². The van der Waals surface area contributed by atoms with E-state index in [1.807, 2.05) is 67.6 Å². The summed E-state index contributed by atoms with van der Waals surface area (Å²) >= 11 is 0.976. The number of para-hydroxylation sites is 2. The van der Waals surface area contributed by atoms with Gasteiger partial charge in [0.05, 0.1) is 11.4 Å². The molecular weight excluding hydrogens is 396 g/mol. The second-order valence-corrected chi connectivity index (χ2v) is 7.90. The first kappa shape index (κ1) is 20.0. The Hall–Kier alpha value is -3.25. The van der Waals surface area contributed by atoms with Crippen LogP contribution in [-0.2, 0) is 11.3 Å². The van der Waals surface area contributed by atoms with Crippen molar-refractivity contribution in [3.8, 4) is 5.75 Å². The number of carbonyl (C=O) groups is 2. The maximum absolute atomic E-state index is 12.9. The van der Waals surface area contributed by atoms with Gasteiger partial charge in [0.2, 0.25) is 0 Å². The zero-order valence-corrected chi connectivity index (χ0v) is 17.5. The standard InChI is InChI=1S/C24H22N2O3S/c1-3-13-25-17(2)20(19-11-7-8-12-21(19)25)16-22-23(27)26(24(28)30-22)14-15-29-18-9-5-4-6-10-18/h3-12,16H,1,13-15H2,2H3/b22-16-. The van der Waals surface area contributed by atoms with Crippen molar-refractivity contribution in [1.29, 1.82) is 0 Å². The Morgan fingerprint density at radius 1 is 1.07 bits per heavy atom. The molecule has 0 N–H and O–H groups in total. The molecule has 152 valence electrons. The zero-order valence-electron chi connectivity index (χ0n) is 16.7. The number of thioether (sulfide) groups is 1. The smallest absolute Gasteiger partial charge is 0.293 e. The number of aromatic nitrogens is 1. The Balaban J connectivity index is 1.56. The lowest BCUT2D eigenvalue weighted by atomic mass is 10.1. The first-order chi connectivity index (χ1) is 14.6. The zero-order chi connectivity index (χ0) is 21.1. The van der Waals surface area contributed by atoms with E-state index in [0.717, 1.165) is 33.9 Å². The van der Waals surface area contributed by atoms with Gasteiger partial charge in [0.25, 0.3) is 11.1 Å². The minimum atomic E-state index is -0.276. The normalized spacial score (nSPS) is 15.4. The Bertz CT molecular complexity index is 1150. The first-order valence-corrected chi connectivity index (χ1v) is 10.5. The van der Waals surface area contributed by atoms with Crippen LogP contribution in [0.3, 0.4) is 0 Å². The summed E-state index contributed by atoms with van der Waals surface area (Å²) in [5.74, 6) is 0.437. The summed E-state index contributed by atoms with van der Waals surface area (Å²) in [7, 11) is 0. The van der Waals surface area contributed by atoms with E-state index in [1.54, 1.807) is 0 Å². The van der Waals surface area contributed by atoms with Crippen LogP contribution in [0.25, 0.3) is 17.0 Å². The quantitative estimate of drug-likeness (QED) is 0.388. The second kappa shape index (κ2) is 8.63. The molecule has 4 rings (SSSR count). The SMILES string of the molecule is C=CCn1c(C)c(/C=C2\SC(=O)N(CCOc3ccccc3)C2=O)c2ccccc21. The van der Waals surface area contributed by atoms with Crippen LogP contribution in [0.15, 0.2) is 72.2 Å². The number of hydrogen-bond donors (Lipinski definition) is 0. The molecular formula is C24H22N2O3S. The van der Waals surface area contributed by atoms with Crippen LogP contribution in [0.4, 0.5) is 4.79 Å². The van der Waals surface area contributed by atoms with Crippen molar-refractivity contribution in [3.05, 3.63) is 83.4 Å². The molecule has 0 bridgehead atoms. The van der Waals surface area contributed by atoms with Gasteiger partial charge in [-0.25, -0.2) is 0 Å². The molecule has 0 saturated carbocycles. The fourth-order valence-electron chi connectivity index (χ4n) is 3.60. The molecule has 0 atom stereocenters. The highest BCUT2D eigenvalue weighted by molar-refractivity contribution is 8.18. The Labute approximate surface area is 179 Å². The van der Waals surface area contributed by atoms with Crippen molar-refractivity contribution < 1.29 is 14.3 Å². The molecule has 2 heterocycles. The summed E-state index contributed by atoms with van der Waals surface area (Å²) < 4.78 is 7.80. The largest absolute Gasteiger partial charge is 0.492 e. The predicted molar refractivity (Wildman–Crippen MR) is 121 cm³/mol. The number of allylic oxidation sites excluding steroid dienone is 1. The summed E-state index contributed by atoms with van der Waals surface area (Å²) in [4.78, 5) is 27.0. The van der Waals surface area contributed by atoms with Gasteiger partial charge >= 0.3 is 0 Å². The number of nitrogens with zero attached hydrogens (tertiary/aromatic N) is 2. The first-order valence-electron chi connectivity index (χ1n) is 9.72. The van der Waals surface area contributed by atoms with Crippen molar-refractivity contribution in [2.24, 2.45) is 0 Å². The highest BCUT2D eigenvalue weighted by Crippen LogP contribution is 2.35. The molecule has 1 aromatic heterocycles. The van der Waals surface area contributed by atoms with Crippen molar-refractivity contribution in [3.63, 3.8) is 0 Å². The van der Waals surface area contributed by atoms with Crippen LogP contribution in [0, 0.1) is 6.92 Å². The molecule has 1 aliphatic heterocycles. The summed E-state index contributed by atoms with van der Waals surface area (Å²) in [6, 6.07) is 17.4. The van der Waals surface area contributed by atoms with Crippen molar-refractivity contribution >= 4 is 39.9 Å². The summed E-state index contributed by atoms with van der Waals surface area (Å²) in [6.45, 7) is 7.01. The van der Waals surface area contributed by atoms with E-state index in [4.69, 9.17) is 4.74 Å². The fourth-order valence-corrected chi connectivity index (χ4v) is 4.45. The van der Waals surface area contributed by atoms with Gasteiger partial charge < -0.3 is 9.30 Å². The molecule has 0 aliphatic carbocycles. The molecule has 0 radical (unpaired) electrons. The number of rotatable bonds is 7. The van der Waals surface area contributed by atoms with Crippen LogP contribution in [0.5, 0.6) is 5.75 Å². The number of imide groups is 1. The molecule has 2 amide bonds. The molecule has 30 heavy (non-hydrogen) atoms. The van der Waals surface area contributed by atoms with Gasteiger partial charge in [0.15, 0.2) is 0 Å². The maximum atomic E-state index is 12.9. The van der Waals surface area contributed by atoms with Crippen LogP contribution in [0.2, 0.25) is 0 Å². The Morgan fingerprint density at radius 2 is 1.80 bits per heavy atom. The summed E-state index contributed by atoms with van der Waals surface area (Å²) in [5.41, 5.74) is 3.07. The van der Waals surface area contributed by atoms with Gasteiger partial charge in [-0.05, 0) is 43.0 Å². The molecule has 0 spiro atoms. The number of ether oxygens (including phenoxy) is 1. The van der Waals surface area contributed by atoms with Crippen LogP contribution < -0.4 is 4.74 Å². The van der Waals surface area contributed by atoms with E-state index in [-0.39, 0.29) is 24.3 Å². The molecule has 2 aromatic carbocycles. The topological polar surface area (TPSA) is 51.5 Å². The fraction of sp³-hybridized carbons (Fsp3) is 0.167.